The topological polar surface area (TPSA) is 50.2 Å². The average molecular weight is 252 g/mol. The number of thiazole rings is 1. The monoisotopic (exact) mass is 251 g/mol. The molecular weight excluding hydrogens is 245 g/mol. The lowest BCUT2D eigenvalue weighted by Gasteiger charge is -1.95. The zero-order chi connectivity index (χ0) is 10.7. The van der Waals surface area contributed by atoms with Crippen LogP contribution in [0.25, 0.3) is 6.08 Å². The number of carboxylic acid groups (broad SMARTS) is 1. The number of carboxylic acids is 1. The molecule has 0 bridgehead atoms. The molecule has 0 unspecified atom stereocenters. The highest BCUT2D eigenvalue weighted by Crippen LogP contribution is 2.28. The van der Waals surface area contributed by atoms with Crippen LogP contribution in [0.5, 0.6) is 0 Å². The summed E-state index contributed by atoms with van der Waals surface area (Å²) >= 11 is 12.5. The highest BCUT2D eigenvalue weighted by Gasteiger charge is 2.09. The van der Waals surface area contributed by atoms with Gasteiger partial charge in [-0.3, -0.25) is 0 Å². The Hall–Kier alpha value is -0.580. The van der Waals surface area contributed by atoms with Gasteiger partial charge in [-0.1, -0.05) is 30.1 Å². The molecule has 14 heavy (non-hydrogen) atoms. The molecule has 0 aromatic carbocycles. The first kappa shape index (κ1) is 11.5. The largest absolute Gasteiger partial charge is 0.478 e. The first-order chi connectivity index (χ1) is 6.54. The van der Waals surface area contributed by atoms with Crippen LogP contribution in [-0.2, 0) is 4.79 Å². The first-order valence-corrected chi connectivity index (χ1v) is 5.37. The van der Waals surface area contributed by atoms with Crippen LogP contribution in [0.2, 0.25) is 9.62 Å². The van der Waals surface area contributed by atoms with E-state index < -0.39 is 5.97 Å². The molecule has 0 radical (unpaired) electrons. The smallest absolute Gasteiger partial charge is 0.331 e. The number of carbonyl (C=O) groups is 1. The summed E-state index contributed by atoms with van der Waals surface area (Å²) in [6.45, 7) is 1.76. The Morgan fingerprint density at radius 3 is 2.64 bits per heavy atom. The van der Waals surface area contributed by atoms with E-state index in [1.54, 1.807) is 6.92 Å². The van der Waals surface area contributed by atoms with Crippen molar-refractivity contribution in [3.05, 3.63) is 20.1 Å². The van der Waals surface area contributed by atoms with E-state index in [4.69, 9.17) is 28.3 Å². The van der Waals surface area contributed by atoms with Crippen molar-refractivity contribution in [1.29, 1.82) is 0 Å². The van der Waals surface area contributed by atoms with Crippen LogP contribution in [0.4, 0.5) is 0 Å². The SMILES string of the molecule is CC/C(=C\c1sc(Cl)nc1Cl)C(=O)O. The number of aliphatic carboxylic acids is 1. The number of hydrogen-bond acceptors (Lipinski definition) is 3. The molecule has 1 N–H and O–H groups in total. The molecule has 0 fully saturated rings. The van der Waals surface area contributed by atoms with E-state index in [-0.39, 0.29) is 10.7 Å². The standard InChI is InChI=1S/C8H7Cl2NO2S/c1-2-4(7(12)13)3-5-6(9)11-8(10)14-5/h3H,2H2,1H3,(H,12,13)/b4-3+. The Balaban J connectivity index is 3.06. The molecule has 1 heterocycles. The van der Waals surface area contributed by atoms with Crippen LogP contribution in [0.15, 0.2) is 5.57 Å². The summed E-state index contributed by atoms with van der Waals surface area (Å²) in [4.78, 5) is 15.0. The van der Waals surface area contributed by atoms with E-state index in [0.717, 1.165) is 11.3 Å². The van der Waals surface area contributed by atoms with Crippen molar-refractivity contribution >= 4 is 46.6 Å². The summed E-state index contributed by atoms with van der Waals surface area (Å²) in [5.41, 5.74) is 0.284. The van der Waals surface area contributed by atoms with E-state index in [0.29, 0.717) is 15.8 Å². The summed E-state index contributed by atoms with van der Waals surface area (Å²) in [6, 6.07) is 0. The van der Waals surface area contributed by atoms with Crippen LogP contribution in [0.1, 0.15) is 18.2 Å². The van der Waals surface area contributed by atoms with Crippen molar-refractivity contribution in [2.45, 2.75) is 13.3 Å². The van der Waals surface area contributed by atoms with Crippen molar-refractivity contribution < 1.29 is 9.90 Å². The highest BCUT2D eigenvalue weighted by atomic mass is 35.5. The van der Waals surface area contributed by atoms with Crippen LogP contribution in [0, 0.1) is 0 Å². The Bertz CT molecular complexity index is 387. The average Bonchev–Trinajstić information content (AvgIpc) is 2.40. The van der Waals surface area contributed by atoms with Gasteiger partial charge in [0.2, 0.25) is 0 Å². The summed E-state index contributed by atoms with van der Waals surface area (Å²) in [6.07, 6.45) is 1.93. The van der Waals surface area contributed by atoms with E-state index in [2.05, 4.69) is 4.98 Å². The van der Waals surface area contributed by atoms with Crippen LogP contribution in [0.3, 0.4) is 0 Å². The van der Waals surface area contributed by atoms with Crippen LogP contribution < -0.4 is 0 Å². The van der Waals surface area contributed by atoms with Gasteiger partial charge in [0.1, 0.15) is 5.15 Å². The van der Waals surface area contributed by atoms with Gasteiger partial charge in [0.25, 0.3) is 0 Å². The van der Waals surface area contributed by atoms with E-state index in [1.807, 2.05) is 0 Å². The number of halogens is 2. The summed E-state index contributed by atoms with van der Waals surface area (Å²) < 4.78 is 0.307. The van der Waals surface area contributed by atoms with Crippen molar-refractivity contribution in [2.75, 3.05) is 0 Å². The molecule has 0 spiro atoms. The highest BCUT2D eigenvalue weighted by molar-refractivity contribution is 7.17. The molecule has 0 atom stereocenters. The van der Waals surface area contributed by atoms with Crippen LogP contribution in [-0.4, -0.2) is 16.1 Å². The molecule has 0 amide bonds. The minimum absolute atomic E-state index is 0.243. The lowest BCUT2D eigenvalue weighted by molar-refractivity contribution is -0.132. The molecule has 1 aromatic rings. The maximum absolute atomic E-state index is 10.7. The van der Waals surface area contributed by atoms with Gasteiger partial charge in [0.15, 0.2) is 4.47 Å². The molecule has 1 aromatic heterocycles. The molecule has 3 nitrogen and oxygen atoms in total. The molecule has 6 heteroatoms. The second-order valence-electron chi connectivity index (χ2n) is 2.45. The number of aromatic nitrogens is 1. The molecule has 0 saturated carbocycles. The van der Waals surface area contributed by atoms with Gasteiger partial charge >= 0.3 is 5.97 Å². The second-order valence-corrected chi connectivity index (χ2v) is 4.42. The van der Waals surface area contributed by atoms with Gasteiger partial charge in [-0.25, -0.2) is 9.78 Å². The van der Waals surface area contributed by atoms with Crippen molar-refractivity contribution in [3.8, 4) is 0 Å². The molecule has 0 aliphatic rings. The Kier molecular flexibility index (Phi) is 3.92. The quantitative estimate of drug-likeness (QED) is 0.839. The van der Waals surface area contributed by atoms with Crippen molar-refractivity contribution in [1.82, 2.24) is 4.98 Å². The summed E-state index contributed by atoms with van der Waals surface area (Å²) in [5, 5.41) is 9.01. The Morgan fingerprint density at radius 1 is 1.64 bits per heavy atom. The third-order valence-electron chi connectivity index (χ3n) is 1.54. The maximum Gasteiger partial charge on any atom is 0.331 e. The van der Waals surface area contributed by atoms with Crippen molar-refractivity contribution in [2.24, 2.45) is 0 Å². The van der Waals surface area contributed by atoms with Gasteiger partial charge in [0, 0.05) is 5.57 Å². The predicted octanol–water partition coefficient (Wildman–Crippen LogP) is 3.33. The predicted molar refractivity (Wildman–Crippen MR) is 58.0 cm³/mol. The van der Waals surface area contributed by atoms with Crippen LogP contribution >= 0.6 is 34.5 Å². The zero-order valence-corrected chi connectivity index (χ0v) is 9.58. The van der Waals surface area contributed by atoms with Gasteiger partial charge in [-0.15, -0.1) is 11.3 Å². The maximum atomic E-state index is 10.7. The van der Waals surface area contributed by atoms with E-state index in [9.17, 15) is 4.79 Å². The molecule has 0 aliphatic heterocycles. The summed E-state index contributed by atoms with van der Waals surface area (Å²) in [5.74, 6) is -0.951. The second kappa shape index (κ2) is 4.77. The Morgan fingerprint density at radius 2 is 2.29 bits per heavy atom. The van der Waals surface area contributed by atoms with Gasteiger partial charge in [-0.2, -0.15) is 0 Å². The number of hydrogen-bond donors (Lipinski definition) is 1. The molecule has 0 saturated heterocycles. The van der Waals surface area contributed by atoms with Gasteiger partial charge in [-0.05, 0) is 12.5 Å². The fourth-order valence-electron chi connectivity index (χ4n) is 0.850. The summed E-state index contributed by atoms with van der Waals surface area (Å²) in [7, 11) is 0. The molecular formula is C8H7Cl2NO2S. The van der Waals surface area contributed by atoms with E-state index >= 15 is 0 Å². The van der Waals surface area contributed by atoms with Gasteiger partial charge in [0.05, 0.1) is 4.88 Å². The van der Waals surface area contributed by atoms with Crippen molar-refractivity contribution in [3.63, 3.8) is 0 Å². The van der Waals surface area contributed by atoms with Gasteiger partial charge < -0.3 is 5.11 Å². The number of nitrogens with zero attached hydrogens (tertiary/aromatic N) is 1. The number of rotatable bonds is 3. The minimum Gasteiger partial charge on any atom is -0.478 e. The third kappa shape index (κ3) is 2.70. The lowest BCUT2D eigenvalue weighted by Crippen LogP contribution is -1.98. The lowest BCUT2D eigenvalue weighted by atomic mass is 10.2. The Labute approximate surface area is 95.0 Å². The van der Waals surface area contributed by atoms with E-state index in [1.165, 1.54) is 6.08 Å². The molecule has 1 rings (SSSR count). The third-order valence-corrected chi connectivity index (χ3v) is 3.05. The zero-order valence-electron chi connectivity index (χ0n) is 7.25. The molecule has 76 valence electrons. The normalized spacial score (nSPS) is 11.8. The fraction of sp³-hybridized carbons (Fsp3) is 0.250. The minimum atomic E-state index is -0.951. The first-order valence-electron chi connectivity index (χ1n) is 3.80. The fourth-order valence-corrected chi connectivity index (χ4v) is 2.18. The molecule has 0 aliphatic carbocycles.